The molecule has 3 heterocycles. The predicted molar refractivity (Wildman–Crippen MR) is 114 cm³/mol. The monoisotopic (exact) mass is 371 g/mol. The Balaban J connectivity index is 1.63. The molecule has 28 heavy (non-hydrogen) atoms. The fourth-order valence-corrected chi connectivity index (χ4v) is 4.54. The number of aromatic nitrogens is 1. The third-order valence-corrected chi connectivity index (χ3v) is 6.13. The molecule has 4 heteroatoms. The first kappa shape index (κ1) is 17.2. The summed E-state index contributed by atoms with van der Waals surface area (Å²) in [7, 11) is 0. The van der Waals surface area contributed by atoms with Gasteiger partial charge in [-0.3, -0.25) is 4.79 Å². The topological polar surface area (TPSA) is 36.4 Å². The third-order valence-electron chi connectivity index (χ3n) is 6.13. The van der Waals surface area contributed by atoms with Crippen LogP contribution in [0.1, 0.15) is 48.0 Å². The minimum atomic E-state index is 0.0690. The molecule has 1 fully saturated rings. The second-order valence-electron chi connectivity index (χ2n) is 7.95. The van der Waals surface area contributed by atoms with Gasteiger partial charge in [-0.25, -0.2) is 4.98 Å². The molecule has 5 rings (SSSR count). The fraction of sp³-hybridized carbons (Fsp3) is 0.333. The largest absolute Gasteiger partial charge is 0.356 e. The molecule has 1 atom stereocenters. The van der Waals surface area contributed by atoms with E-state index in [1.165, 1.54) is 5.56 Å². The lowest BCUT2D eigenvalue weighted by Gasteiger charge is -2.33. The lowest BCUT2D eigenvalue weighted by Crippen LogP contribution is -2.37. The molecular weight excluding hydrogens is 346 g/mol. The molecule has 2 aliphatic rings. The summed E-state index contributed by atoms with van der Waals surface area (Å²) in [6, 6.07) is 18.4. The van der Waals surface area contributed by atoms with Crippen LogP contribution < -0.4 is 9.80 Å². The van der Waals surface area contributed by atoms with Crippen LogP contribution in [0.2, 0.25) is 0 Å². The molecule has 0 N–H and O–H groups in total. The lowest BCUT2D eigenvalue weighted by molar-refractivity contribution is 0.0984. The van der Waals surface area contributed by atoms with Gasteiger partial charge in [0.05, 0.1) is 11.1 Å². The third kappa shape index (κ3) is 2.84. The van der Waals surface area contributed by atoms with E-state index in [-0.39, 0.29) is 5.91 Å². The van der Waals surface area contributed by atoms with Crippen molar-refractivity contribution in [3.05, 3.63) is 65.7 Å². The molecule has 2 aromatic carbocycles. The first-order chi connectivity index (χ1) is 13.7. The van der Waals surface area contributed by atoms with E-state index < -0.39 is 0 Å². The highest BCUT2D eigenvalue weighted by molar-refractivity contribution is 6.11. The van der Waals surface area contributed by atoms with Gasteiger partial charge in [-0.05, 0) is 48.9 Å². The van der Waals surface area contributed by atoms with E-state index in [9.17, 15) is 4.79 Å². The highest BCUT2D eigenvalue weighted by atomic mass is 16.2. The van der Waals surface area contributed by atoms with Crippen molar-refractivity contribution < 1.29 is 4.79 Å². The summed E-state index contributed by atoms with van der Waals surface area (Å²) in [5, 5.41) is 1.02. The average Bonchev–Trinajstić information content (AvgIpc) is 3.28. The summed E-state index contributed by atoms with van der Waals surface area (Å²) in [5.74, 6) is 1.39. The maximum atomic E-state index is 13.7. The average molecular weight is 371 g/mol. The Morgan fingerprint density at radius 1 is 1.00 bits per heavy atom. The van der Waals surface area contributed by atoms with Crippen LogP contribution in [0.3, 0.4) is 0 Å². The summed E-state index contributed by atoms with van der Waals surface area (Å²) in [5.41, 5.74) is 3.99. The van der Waals surface area contributed by atoms with Gasteiger partial charge < -0.3 is 9.80 Å². The van der Waals surface area contributed by atoms with Crippen molar-refractivity contribution in [2.45, 2.75) is 32.1 Å². The van der Waals surface area contributed by atoms with Gasteiger partial charge in [0.15, 0.2) is 0 Å². The van der Waals surface area contributed by atoms with Crippen LogP contribution in [-0.2, 0) is 0 Å². The maximum absolute atomic E-state index is 13.7. The molecule has 0 radical (unpaired) electrons. The Hall–Kier alpha value is -2.88. The van der Waals surface area contributed by atoms with E-state index in [1.807, 2.05) is 41.3 Å². The van der Waals surface area contributed by atoms with Crippen molar-refractivity contribution in [1.29, 1.82) is 0 Å². The molecule has 4 nitrogen and oxygen atoms in total. The van der Waals surface area contributed by atoms with Crippen molar-refractivity contribution >= 4 is 28.3 Å². The van der Waals surface area contributed by atoms with Crippen LogP contribution in [0.25, 0.3) is 10.9 Å². The first-order valence-corrected chi connectivity index (χ1v) is 10.3. The van der Waals surface area contributed by atoms with Crippen LogP contribution >= 0.6 is 0 Å². The van der Waals surface area contributed by atoms with Gasteiger partial charge in [0.1, 0.15) is 5.82 Å². The van der Waals surface area contributed by atoms with Crippen molar-refractivity contribution in [3.8, 4) is 0 Å². The van der Waals surface area contributed by atoms with Gasteiger partial charge in [0.2, 0.25) is 0 Å². The minimum absolute atomic E-state index is 0.0690. The number of benzene rings is 2. The Morgan fingerprint density at radius 2 is 1.75 bits per heavy atom. The normalized spacial score (nSPS) is 19.1. The van der Waals surface area contributed by atoms with Crippen LogP contribution in [-0.4, -0.2) is 30.5 Å². The number of pyridine rings is 1. The number of hydrogen-bond donors (Lipinski definition) is 0. The molecule has 0 bridgehead atoms. The molecule has 1 saturated heterocycles. The van der Waals surface area contributed by atoms with Crippen molar-refractivity contribution in [2.75, 3.05) is 29.4 Å². The van der Waals surface area contributed by atoms with Crippen molar-refractivity contribution in [1.82, 2.24) is 4.98 Å². The maximum Gasteiger partial charge on any atom is 0.262 e. The molecule has 0 spiro atoms. The number of amides is 1. The number of carbonyl (C=O) groups excluding carboxylic acids is 1. The van der Waals surface area contributed by atoms with Crippen LogP contribution in [0, 0.1) is 0 Å². The highest BCUT2D eigenvalue weighted by Gasteiger charge is 2.30. The molecule has 1 unspecified atom stereocenters. The second kappa shape index (κ2) is 6.93. The molecule has 1 amide bonds. The SMILES string of the molecule is CC1CCN(C(=O)c2cc3ccccc3nc2N2CCCC2)c2ccccc21. The van der Waals surface area contributed by atoms with Crippen molar-refractivity contribution in [2.24, 2.45) is 0 Å². The van der Waals surface area contributed by atoms with Crippen LogP contribution in [0.4, 0.5) is 11.5 Å². The minimum Gasteiger partial charge on any atom is -0.356 e. The molecular formula is C24H25N3O. The molecule has 3 aromatic rings. The molecule has 0 aliphatic carbocycles. The molecule has 0 saturated carbocycles. The smallest absolute Gasteiger partial charge is 0.262 e. The Bertz CT molecular complexity index is 1040. The van der Waals surface area contributed by atoms with E-state index in [1.54, 1.807) is 0 Å². The van der Waals surface area contributed by atoms with E-state index in [2.05, 4.69) is 30.0 Å². The highest BCUT2D eigenvalue weighted by Crippen LogP contribution is 2.37. The lowest BCUT2D eigenvalue weighted by atomic mass is 9.91. The summed E-state index contributed by atoms with van der Waals surface area (Å²) in [6.07, 6.45) is 3.31. The number of para-hydroxylation sites is 2. The molecule has 142 valence electrons. The summed E-state index contributed by atoms with van der Waals surface area (Å²) in [4.78, 5) is 22.9. The quantitative estimate of drug-likeness (QED) is 0.637. The van der Waals surface area contributed by atoms with Crippen molar-refractivity contribution in [3.63, 3.8) is 0 Å². The molecule has 1 aromatic heterocycles. The second-order valence-corrected chi connectivity index (χ2v) is 7.95. The van der Waals surface area contributed by atoms with Gasteiger partial charge in [-0.1, -0.05) is 43.3 Å². The number of nitrogens with zero attached hydrogens (tertiary/aromatic N) is 3. The number of hydrogen-bond acceptors (Lipinski definition) is 3. The van der Waals surface area contributed by atoms with E-state index in [0.717, 1.165) is 66.9 Å². The van der Waals surface area contributed by atoms with Gasteiger partial charge in [-0.15, -0.1) is 0 Å². The molecule has 2 aliphatic heterocycles. The summed E-state index contributed by atoms with van der Waals surface area (Å²) < 4.78 is 0. The number of anilines is 2. The number of rotatable bonds is 2. The van der Waals surface area contributed by atoms with E-state index in [4.69, 9.17) is 4.98 Å². The van der Waals surface area contributed by atoms with Gasteiger partial charge >= 0.3 is 0 Å². The van der Waals surface area contributed by atoms with Gasteiger partial charge in [-0.2, -0.15) is 0 Å². The van der Waals surface area contributed by atoms with Crippen LogP contribution in [0.15, 0.2) is 54.6 Å². The van der Waals surface area contributed by atoms with E-state index in [0.29, 0.717) is 5.92 Å². The standard InChI is InChI=1S/C24H25N3O/c1-17-12-15-27(22-11-5-3-9-19(17)22)24(28)20-16-18-8-2-4-10-21(18)25-23(20)26-13-6-7-14-26/h2-5,8-11,16-17H,6-7,12-15H2,1H3. The zero-order chi connectivity index (χ0) is 19.1. The number of fused-ring (bicyclic) bond motifs is 2. The number of carbonyl (C=O) groups is 1. The zero-order valence-electron chi connectivity index (χ0n) is 16.3. The summed E-state index contributed by atoms with van der Waals surface area (Å²) in [6.45, 7) is 4.94. The fourth-order valence-electron chi connectivity index (χ4n) is 4.54. The Morgan fingerprint density at radius 3 is 2.61 bits per heavy atom. The van der Waals surface area contributed by atoms with Crippen LogP contribution in [0.5, 0.6) is 0 Å². The Kier molecular flexibility index (Phi) is 4.27. The zero-order valence-corrected chi connectivity index (χ0v) is 16.3. The first-order valence-electron chi connectivity index (χ1n) is 10.3. The summed E-state index contributed by atoms with van der Waals surface area (Å²) >= 11 is 0. The van der Waals surface area contributed by atoms with E-state index >= 15 is 0 Å². The Labute approximate surface area is 165 Å². The van der Waals surface area contributed by atoms with Gasteiger partial charge in [0, 0.05) is 30.7 Å². The van der Waals surface area contributed by atoms with Gasteiger partial charge in [0.25, 0.3) is 5.91 Å². The predicted octanol–water partition coefficient (Wildman–Crippen LogP) is 4.99.